The minimum absolute atomic E-state index is 0.0135. The molecule has 1 aliphatic rings. The molecule has 6 heteroatoms. The third-order valence-corrected chi connectivity index (χ3v) is 6.05. The monoisotopic (exact) mass is 397 g/mol. The Hall–Kier alpha value is -2.21. The molecule has 0 spiro atoms. The lowest BCUT2D eigenvalue weighted by molar-refractivity contribution is -0.129. The van der Waals surface area contributed by atoms with Crippen LogP contribution in [0.1, 0.15) is 69.2 Å². The molecule has 1 saturated heterocycles. The predicted molar refractivity (Wildman–Crippen MR) is 119 cm³/mol. The Labute approximate surface area is 174 Å². The normalized spacial score (nSPS) is 22.0. The molecule has 0 aliphatic carbocycles. The van der Waals surface area contributed by atoms with E-state index in [1.54, 1.807) is 0 Å². The smallest absolute Gasteiger partial charge is 0.227 e. The Morgan fingerprint density at radius 3 is 2.48 bits per heavy atom. The fraction of sp³-hybridized carbons (Fsp3) is 0.609. The Kier molecular flexibility index (Phi) is 7.06. The summed E-state index contributed by atoms with van der Waals surface area (Å²) in [6.45, 7) is 10.5. The van der Waals surface area contributed by atoms with E-state index in [2.05, 4.69) is 65.7 Å². The molecule has 6 nitrogen and oxygen atoms in total. The van der Waals surface area contributed by atoms with Gasteiger partial charge in [-0.3, -0.25) is 10.1 Å². The zero-order valence-electron chi connectivity index (χ0n) is 18.4. The van der Waals surface area contributed by atoms with Crippen LogP contribution in [0.2, 0.25) is 0 Å². The number of nitrogens with zero attached hydrogens (tertiary/aromatic N) is 2. The minimum atomic E-state index is -0.364. The quantitative estimate of drug-likeness (QED) is 0.578. The van der Waals surface area contributed by atoms with Crippen molar-refractivity contribution in [3.63, 3.8) is 0 Å². The summed E-state index contributed by atoms with van der Waals surface area (Å²) in [7, 11) is 0. The van der Waals surface area contributed by atoms with E-state index in [0.29, 0.717) is 5.95 Å². The van der Waals surface area contributed by atoms with Gasteiger partial charge >= 0.3 is 0 Å². The van der Waals surface area contributed by atoms with Crippen LogP contribution in [0, 0.1) is 26.7 Å². The highest BCUT2D eigenvalue weighted by Crippen LogP contribution is 2.23. The van der Waals surface area contributed by atoms with Crippen molar-refractivity contribution < 1.29 is 4.79 Å². The molecule has 0 bridgehead atoms. The van der Waals surface area contributed by atoms with Gasteiger partial charge in [0.15, 0.2) is 6.29 Å². The molecule has 158 valence electrons. The average Bonchev–Trinajstić information content (AvgIpc) is 2.65. The summed E-state index contributed by atoms with van der Waals surface area (Å²) in [5.41, 5.74) is 4.30. The van der Waals surface area contributed by atoms with Gasteiger partial charge in [0.25, 0.3) is 0 Å². The number of aryl methyl sites for hydroxylation is 3. The van der Waals surface area contributed by atoms with E-state index in [9.17, 15) is 4.79 Å². The molecular weight excluding hydrogens is 362 g/mol. The molecule has 3 atom stereocenters. The van der Waals surface area contributed by atoms with Crippen LogP contribution in [0.5, 0.6) is 0 Å². The van der Waals surface area contributed by atoms with Gasteiger partial charge in [0.2, 0.25) is 11.9 Å². The minimum Gasteiger partial charge on any atom is -0.323 e. The van der Waals surface area contributed by atoms with E-state index in [4.69, 9.17) is 0 Å². The summed E-state index contributed by atoms with van der Waals surface area (Å²) in [6.07, 6.45) is 6.65. The van der Waals surface area contributed by atoms with Crippen LogP contribution in [0.15, 0.2) is 12.1 Å². The first-order valence-electron chi connectivity index (χ1n) is 11.0. The first kappa shape index (κ1) is 21.5. The Balaban J connectivity index is 1.63. The van der Waals surface area contributed by atoms with E-state index < -0.39 is 0 Å². The molecule has 1 amide bonds. The van der Waals surface area contributed by atoms with Gasteiger partial charge in [-0.2, -0.15) is 0 Å². The molecule has 2 aromatic rings. The van der Waals surface area contributed by atoms with E-state index in [-0.39, 0.29) is 24.2 Å². The number of rotatable bonds is 8. The standard InChI is InChI=1S/C23H35N5O/c1-6-7-8-9-10-11-18-16(4)24-23(27-21(18)29)28-22-25-17(5)19-12-14(2)15(3)13-20(19)26-22/h12-13,16,18,23-24H,6-11H2,1-5H3,(H,27,29)(H,25,26,28). The molecule has 3 unspecified atom stereocenters. The van der Waals surface area contributed by atoms with Crippen molar-refractivity contribution in [1.82, 2.24) is 20.6 Å². The molecule has 2 heterocycles. The highest BCUT2D eigenvalue weighted by Gasteiger charge is 2.33. The largest absolute Gasteiger partial charge is 0.323 e. The lowest BCUT2D eigenvalue weighted by atomic mass is 9.91. The lowest BCUT2D eigenvalue weighted by Gasteiger charge is -2.36. The topological polar surface area (TPSA) is 78.9 Å². The Morgan fingerprint density at radius 2 is 1.76 bits per heavy atom. The highest BCUT2D eigenvalue weighted by atomic mass is 16.2. The zero-order valence-corrected chi connectivity index (χ0v) is 18.4. The second-order valence-corrected chi connectivity index (χ2v) is 8.44. The van der Waals surface area contributed by atoms with Crippen LogP contribution < -0.4 is 16.0 Å². The van der Waals surface area contributed by atoms with Gasteiger partial charge in [0.05, 0.1) is 17.1 Å². The van der Waals surface area contributed by atoms with Crippen molar-refractivity contribution in [2.45, 2.75) is 85.5 Å². The summed E-state index contributed by atoms with van der Waals surface area (Å²) >= 11 is 0. The molecule has 1 aromatic heterocycles. The number of benzene rings is 1. The summed E-state index contributed by atoms with van der Waals surface area (Å²) in [6, 6.07) is 4.34. The van der Waals surface area contributed by atoms with Crippen LogP contribution in [-0.4, -0.2) is 28.2 Å². The summed E-state index contributed by atoms with van der Waals surface area (Å²) < 4.78 is 0. The molecule has 1 fully saturated rings. The number of nitrogens with one attached hydrogen (secondary N) is 3. The summed E-state index contributed by atoms with van der Waals surface area (Å²) in [5, 5.41) is 10.8. The third kappa shape index (κ3) is 5.24. The number of unbranched alkanes of at least 4 members (excludes halogenated alkanes) is 4. The SMILES string of the molecule is CCCCCCCC1C(=O)NC(Nc2nc(C)c3cc(C)c(C)cc3n2)NC1C. The molecule has 0 saturated carbocycles. The van der Waals surface area contributed by atoms with Gasteiger partial charge in [0, 0.05) is 11.4 Å². The van der Waals surface area contributed by atoms with Gasteiger partial charge in [0.1, 0.15) is 0 Å². The Bertz CT molecular complexity index is 866. The lowest BCUT2D eigenvalue weighted by Crippen LogP contribution is -2.63. The van der Waals surface area contributed by atoms with Crippen molar-refractivity contribution in [3.8, 4) is 0 Å². The fourth-order valence-electron chi connectivity index (χ4n) is 4.06. The second-order valence-electron chi connectivity index (χ2n) is 8.44. The van der Waals surface area contributed by atoms with Gasteiger partial charge in [-0.05, 0) is 57.4 Å². The third-order valence-electron chi connectivity index (χ3n) is 6.05. The van der Waals surface area contributed by atoms with Crippen LogP contribution in [0.3, 0.4) is 0 Å². The van der Waals surface area contributed by atoms with Crippen LogP contribution in [0.25, 0.3) is 10.9 Å². The maximum absolute atomic E-state index is 12.7. The van der Waals surface area contributed by atoms with Crippen molar-refractivity contribution >= 4 is 22.8 Å². The molecule has 1 aromatic carbocycles. The van der Waals surface area contributed by atoms with Gasteiger partial charge in [-0.15, -0.1) is 0 Å². The van der Waals surface area contributed by atoms with E-state index >= 15 is 0 Å². The Morgan fingerprint density at radius 1 is 1.03 bits per heavy atom. The molecule has 3 N–H and O–H groups in total. The number of amides is 1. The van der Waals surface area contributed by atoms with Crippen LogP contribution in [-0.2, 0) is 4.79 Å². The van der Waals surface area contributed by atoms with Gasteiger partial charge in [-0.1, -0.05) is 39.0 Å². The van der Waals surface area contributed by atoms with E-state index in [1.807, 2.05) is 6.92 Å². The number of hydrogen-bond acceptors (Lipinski definition) is 5. The van der Waals surface area contributed by atoms with Gasteiger partial charge < -0.3 is 10.6 Å². The van der Waals surface area contributed by atoms with Crippen molar-refractivity contribution in [2.75, 3.05) is 5.32 Å². The number of hydrogen-bond donors (Lipinski definition) is 3. The average molecular weight is 398 g/mol. The molecule has 29 heavy (non-hydrogen) atoms. The number of anilines is 1. The van der Waals surface area contributed by atoms with Crippen LogP contribution >= 0.6 is 0 Å². The van der Waals surface area contributed by atoms with E-state index in [0.717, 1.165) is 29.4 Å². The number of carbonyl (C=O) groups is 1. The maximum Gasteiger partial charge on any atom is 0.227 e. The maximum atomic E-state index is 12.7. The molecule has 3 rings (SSSR count). The van der Waals surface area contributed by atoms with Crippen molar-refractivity contribution in [1.29, 1.82) is 0 Å². The fourth-order valence-corrected chi connectivity index (χ4v) is 4.06. The van der Waals surface area contributed by atoms with E-state index in [1.165, 1.54) is 36.8 Å². The predicted octanol–water partition coefficient (Wildman–Crippen LogP) is 4.34. The number of aromatic nitrogens is 2. The van der Waals surface area contributed by atoms with Crippen LogP contribution in [0.4, 0.5) is 5.95 Å². The molecule has 1 aliphatic heterocycles. The summed E-state index contributed by atoms with van der Waals surface area (Å²) in [5.74, 6) is 0.647. The first-order valence-corrected chi connectivity index (χ1v) is 11.0. The molecule has 0 radical (unpaired) electrons. The second kappa shape index (κ2) is 9.53. The summed E-state index contributed by atoms with van der Waals surface area (Å²) in [4.78, 5) is 21.9. The number of fused-ring (bicyclic) bond motifs is 1. The highest BCUT2D eigenvalue weighted by molar-refractivity contribution is 5.84. The first-order chi connectivity index (χ1) is 13.9. The van der Waals surface area contributed by atoms with Gasteiger partial charge in [-0.25, -0.2) is 9.97 Å². The zero-order chi connectivity index (χ0) is 21.0. The number of carbonyl (C=O) groups excluding carboxylic acids is 1. The van der Waals surface area contributed by atoms with Crippen molar-refractivity contribution in [2.24, 2.45) is 5.92 Å². The van der Waals surface area contributed by atoms with Crippen molar-refractivity contribution in [3.05, 3.63) is 29.0 Å². The molecular formula is C23H35N5O.